The third kappa shape index (κ3) is 3.42. The van der Waals surface area contributed by atoms with Crippen LogP contribution in [0.25, 0.3) is 0 Å². The summed E-state index contributed by atoms with van der Waals surface area (Å²) in [5.74, 6) is -2.63. The molecule has 0 unspecified atom stereocenters. The predicted molar refractivity (Wildman–Crippen MR) is 88.3 cm³/mol. The molecule has 1 amide bonds. The summed E-state index contributed by atoms with van der Waals surface area (Å²) < 4.78 is 4.58. The lowest BCUT2D eigenvalue weighted by Crippen LogP contribution is -2.39. The van der Waals surface area contributed by atoms with Crippen LogP contribution in [0.2, 0.25) is 0 Å². The molecule has 2 rings (SSSR count). The number of methoxy groups -OCH3 is 1. The van der Waals surface area contributed by atoms with E-state index in [1.807, 2.05) is 31.2 Å². The summed E-state index contributed by atoms with van der Waals surface area (Å²) in [6.45, 7) is 1.87. The Balaban J connectivity index is 2.52. The minimum Gasteiger partial charge on any atom is -0.468 e. The number of esters is 1. The normalized spacial score (nSPS) is 19.9. The molecule has 6 nitrogen and oxygen atoms in total. The molecule has 0 bridgehead atoms. The van der Waals surface area contributed by atoms with Crippen molar-refractivity contribution in [2.24, 2.45) is 5.92 Å². The molecule has 1 aliphatic heterocycles. The van der Waals surface area contributed by atoms with Gasteiger partial charge in [-0.25, -0.2) is 0 Å². The molecule has 24 heavy (non-hydrogen) atoms. The topological polar surface area (TPSA) is 103 Å². The van der Waals surface area contributed by atoms with Crippen LogP contribution in [0, 0.1) is 35.5 Å². The smallest absolute Gasteiger partial charge is 0.316 e. The largest absolute Gasteiger partial charge is 0.468 e. The van der Waals surface area contributed by atoms with Crippen LogP contribution < -0.4 is 5.32 Å². The van der Waals surface area contributed by atoms with E-state index in [1.165, 1.54) is 7.11 Å². The Bertz CT molecular complexity index is 789. The first-order valence-electron chi connectivity index (χ1n) is 7.13. The first-order valence-corrected chi connectivity index (χ1v) is 8.12. The van der Waals surface area contributed by atoms with E-state index < -0.39 is 23.7 Å². The Hall–Kier alpha value is -2.77. The van der Waals surface area contributed by atoms with Gasteiger partial charge in [-0.15, -0.1) is 0 Å². The van der Waals surface area contributed by atoms with Gasteiger partial charge in [0.2, 0.25) is 5.91 Å². The van der Waals surface area contributed by atoms with Gasteiger partial charge < -0.3 is 10.1 Å². The van der Waals surface area contributed by atoms with E-state index >= 15 is 0 Å². The van der Waals surface area contributed by atoms with Crippen LogP contribution in [0.3, 0.4) is 0 Å². The summed E-state index contributed by atoms with van der Waals surface area (Å²) in [5, 5.41) is 21.9. The second-order valence-corrected chi connectivity index (χ2v) is 6.14. The zero-order chi connectivity index (χ0) is 17.7. The van der Waals surface area contributed by atoms with Gasteiger partial charge in [0.05, 0.1) is 35.6 Å². The van der Waals surface area contributed by atoms with E-state index in [0.29, 0.717) is 5.03 Å². The van der Waals surface area contributed by atoms with E-state index in [1.54, 1.807) is 6.07 Å². The number of allylic oxidation sites excluding steroid dienone is 1. The number of rotatable bonds is 4. The highest BCUT2D eigenvalue weighted by molar-refractivity contribution is 8.03. The summed E-state index contributed by atoms with van der Waals surface area (Å²) in [6.07, 6.45) is 0. The average Bonchev–Trinajstić information content (AvgIpc) is 2.59. The summed E-state index contributed by atoms with van der Waals surface area (Å²) >= 11 is 1.02. The Kier molecular flexibility index (Phi) is 5.62. The van der Waals surface area contributed by atoms with Gasteiger partial charge in [0.25, 0.3) is 0 Å². The van der Waals surface area contributed by atoms with Crippen LogP contribution in [0.15, 0.2) is 34.9 Å². The number of amides is 1. The van der Waals surface area contributed by atoms with Gasteiger partial charge in [0.15, 0.2) is 0 Å². The van der Waals surface area contributed by atoms with Crippen molar-refractivity contribution in [3.8, 4) is 12.1 Å². The first kappa shape index (κ1) is 17.6. The Morgan fingerprint density at radius 2 is 2.08 bits per heavy atom. The molecule has 2 atom stereocenters. The number of thioether (sulfide) groups is 1. The number of nitriles is 2. The fraction of sp³-hybridized carbons (Fsp3) is 0.294. The summed E-state index contributed by atoms with van der Waals surface area (Å²) in [6, 6.07) is 11.4. The van der Waals surface area contributed by atoms with Crippen molar-refractivity contribution in [2.45, 2.75) is 12.8 Å². The van der Waals surface area contributed by atoms with Crippen molar-refractivity contribution < 1.29 is 14.3 Å². The van der Waals surface area contributed by atoms with Crippen molar-refractivity contribution in [3.63, 3.8) is 0 Å². The van der Waals surface area contributed by atoms with Gasteiger partial charge in [0.1, 0.15) is 5.92 Å². The molecule has 122 valence electrons. The third-order valence-corrected chi connectivity index (χ3v) is 4.74. The molecule has 0 radical (unpaired) electrons. The van der Waals surface area contributed by atoms with Crippen LogP contribution in [0.4, 0.5) is 0 Å². The molecule has 1 aromatic rings. The number of carbonyl (C=O) groups is 2. The van der Waals surface area contributed by atoms with E-state index in [-0.39, 0.29) is 11.3 Å². The van der Waals surface area contributed by atoms with E-state index in [4.69, 9.17) is 0 Å². The maximum atomic E-state index is 12.3. The molecule has 0 aliphatic carbocycles. The van der Waals surface area contributed by atoms with Gasteiger partial charge in [-0.05, 0) is 18.1 Å². The minimum atomic E-state index is -0.997. The van der Waals surface area contributed by atoms with E-state index in [2.05, 4.69) is 16.1 Å². The van der Waals surface area contributed by atoms with Gasteiger partial charge in [-0.2, -0.15) is 10.5 Å². The highest BCUT2D eigenvalue weighted by Crippen LogP contribution is 2.40. The fourth-order valence-electron chi connectivity index (χ4n) is 2.54. The number of benzene rings is 1. The number of carbonyl (C=O) groups excluding carboxylic acids is 2. The molecule has 0 spiro atoms. The predicted octanol–water partition coefficient (Wildman–Crippen LogP) is 1.99. The van der Waals surface area contributed by atoms with Crippen molar-refractivity contribution in [3.05, 3.63) is 46.0 Å². The maximum absolute atomic E-state index is 12.3. The fourth-order valence-corrected chi connectivity index (χ4v) is 3.43. The molecule has 7 heteroatoms. The lowest BCUT2D eigenvalue weighted by molar-refractivity contribution is -0.137. The van der Waals surface area contributed by atoms with Crippen molar-refractivity contribution in [1.82, 2.24) is 5.32 Å². The lowest BCUT2D eigenvalue weighted by Gasteiger charge is -2.29. The SMILES string of the molecule is COC(=O)CSC1=C(C#N)[C@@H](c2ccccc2C)[C@@H](C#N)C(=O)N1. The Labute approximate surface area is 144 Å². The molecule has 0 fully saturated rings. The number of ether oxygens (including phenoxy) is 1. The van der Waals surface area contributed by atoms with Crippen LogP contribution >= 0.6 is 11.8 Å². The molecule has 0 saturated heterocycles. The van der Waals surface area contributed by atoms with Crippen LogP contribution in [0.5, 0.6) is 0 Å². The van der Waals surface area contributed by atoms with Crippen LogP contribution in [-0.2, 0) is 14.3 Å². The van der Waals surface area contributed by atoms with Gasteiger partial charge in [-0.3, -0.25) is 9.59 Å². The quantitative estimate of drug-likeness (QED) is 0.840. The number of nitrogens with zero attached hydrogens (tertiary/aromatic N) is 2. The van der Waals surface area contributed by atoms with Crippen LogP contribution in [-0.4, -0.2) is 24.7 Å². The van der Waals surface area contributed by atoms with Gasteiger partial charge in [0, 0.05) is 5.92 Å². The second-order valence-electron chi connectivity index (χ2n) is 5.15. The second kappa shape index (κ2) is 7.67. The number of aryl methyl sites for hydroxylation is 1. The maximum Gasteiger partial charge on any atom is 0.316 e. The summed E-state index contributed by atoms with van der Waals surface area (Å²) in [4.78, 5) is 23.6. The molecule has 1 aliphatic rings. The number of hydrogen-bond donors (Lipinski definition) is 1. The zero-order valence-electron chi connectivity index (χ0n) is 13.2. The highest BCUT2D eigenvalue weighted by atomic mass is 32.2. The monoisotopic (exact) mass is 341 g/mol. The van der Waals surface area contributed by atoms with Gasteiger partial charge >= 0.3 is 5.97 Å². The molecule has 0 aromatic heterocycles. The number of nitrogens with one attached hydrogen (secondary N) is 1. The molecular weight excluding hydrogens is 326 g/mol. The van der Waals surface area contributed by atoms with Gasteiger partial charge in [-0.1, -0.05) is 36.0 Å². The Morgan fingerprint density at radius 1 is 1.38 bits per heavy atom. The van der Waals surface area contributed by atoms with E-state index in [0.717, 1.165) is 22.9 Å². The first-order chi connectivity index (χ1) is 11.5. The van der Waals surface area contributed by atoms with Crippen molar-refractivity contribution in [2.75, 3.05) is 12.9 Å². The summed E-state index contributed by atoms with van der Waals surface area (Å²) in [5.41, 5.74) is 1.93. The van der Waals surface area contributed by atoms with Crippen molar-refractivity contribution >= 4 is 23.6 Å². The number of hydrogen-bond acceptors (Lipinski definition) is 6. The average molecular weight is 341 g/mol. The van der Waals surface area contributed by atoms with Crippen LogP contribution in [0.1, 0.15) is 17.0 Å². The van der Waals surface area contributed by atoms with E-state index in [9.17, 15) is 20.1 Å². The zero-order valence-corrected chi connectivity index (χ0v) is 14.0. The molecule has 0 saturated carbocycles. The molecule has 1 heterocycles. The standard InChI is InChI=1S/C17H15N3O3S/c1-10-5-3-4-6-11(10)15-12(7-18)16(22)20-17(13(15)8-19)24-9-14(21)23-2/h3-6,12,15H,9H2,1-2H3,(H,20,22)/t12-,15+/m1/s1. The van der Waals surface area contributed by atoms with Crippen molar-refractivity contribution in [1.29, 1.82) is 10.5 Å². The summed E-state index contributed by atoms with van der Waals surface area (Å²) in [7, 11) is 1.27. The molecule has 1 aromatic carbocycles. The minimum absolute atomic E-state index is 0.0327. The lowest BCUT2D eigenvalue weighted by atomic mass is 9.78. The third-order valence-electron chi connectivity index (χ3n) is 3.75. The molecule has 1 N–H and O–H groups in total. The molecular formula is C17H15N3O3S. The Morgan fingerprint density at radius 3 is 2.67 bits per heavy atom. The highest BCUT2D eigenvalue weighted by Gasteiger charge is 2.39.